The van der Waals surface area contributed by atoms with Gasteiger partial charge in [0, 0.05) is 18.5 Å². The molecule has 0 spiro atoms. The van der Waals surface area contributed by atoms with E-state index in [4.69, 9.17) is 0 Å². The number of carbonyl (C=O) groups is 2. The number of aliphatic hydroxyl groups is 1. The van der Waals surface area contributed by atoms with E-state index in [0.29, 0.717) is 11.1 Å². The summed E-state index contributed by atoms with van der Waals surface area (Å²) in [6, 6.07) is 4.93. The molecule has 5 nitrogen and oxygen atoms in total. The molecule has 154 valence electrons. The van der Waals surface area contributed by atoms with Crippen LogP contribution in [-0.4, -0.2) is 47.1 Å². The van der Waals surface area contributed by atoms with Gasteiger partial charge in [-0.2, -0.15) is 0 Å². The minimum absolute atomic E-state index is 0.00787. The molecular formula is C22H31FN2O3. The van der Waals surface area contributed by atoms with Gasteiger partial charge in [-0.15, -0.1) is 0 Å². The zero-order valence-corrected chi connectivity index (χ0v) is 16.6. The van der Waals surface area contributed by atoms with Crippen LogP contribution in [0, 0.1) is 18.7 Å². The summed E-state index contributed by atoms with van der Waals surface area (Å²) in [7, 11) is 0. The standard InChI is InChI=1S/C22H31FN2O3/c1-15-5-6-16(12-20(15)23)13-21(27)24-18-9-7-17(8-10-18)22(28)25-11-3-2-4-19(25)14-26/h5-6,12,17-19,26H,2-4,7-11,13-14H2,1H3,(H,24,27). The molecule has 2 N–H and O–H groups in total. The summed E-state index contributed by atoms with van der Waals surface area (Å²) < 4.78 is 13.6. The van der Waals surface area contributed by atoms with Gasteiger partial charge in [0.2, 0.25) is 11.8 Å². The molecule has 1 heterocycles. The molecule has 0 aromatic heterocycles. The fourth-order valence-electron chi connectivity index (χ4n) is 4.41. The summed E-state index contributed by atoms with van der Waals surface area (Å²) in [5.74, 6) is -0.234. The van der Waals surface area contributed by atoms with Crippen molar-refractivity contribution in [3.8, 4) is 0 Å². The second-order valence-electron chi connectivity index (χ2n) is 8.24. The van der Waals surface area contributed by atoms with Gasteiger partial charge in [0.05, 0.1) is 19.1 Å². The summed E-state index contributed by atoms with van der Waals surface area (Å²) in [6.45, 7) is 2.48. The normalized spacial score (nSPS) is 25.4. The van der Waals surface area contributed by atoms with Crippen molar-refractivity contribution in [2.75, 3.05) is 13.2 Å². The summed E-state index contributed by atoms with van der Waals surface area (Å²) >= 11 is 0. The molecule has 1 aliphatic heterocycles. The Hall–Kier alpha value is -1.95. The molecule has 2 aliphatic rings. The monoisotopic (exact) mass is 390 g/mol. The fraction of sp³-hybridized carbons (Fsp3) is 0.636. The molecule has 2 fully saturated rings. The first kappa shape index (κ1) is 20.8. The SMILES string of the molecule is Cc1ccc(CC(=O)NC2CCC(C(=O)N3CCCCC3CO)CC2)cc1F. The van der Waals surface area contributed by atoms with Crippen molar-refractivity contribution in [1.82, 2.24) is 10.2 Å². The number of benzene rings is 1. The second-order valence-corrected chi connectivity index (χ2v) is 8.24. The van der Waals surface area contributed by atoms with E-state index in [1.807, 2.05) is 4.90 Å². The third kappa shape index (κ3) is 5.10. The van der Waals surface area contributed by atoms with Gasteiger partial charge in [-0.25, -0.2) is 4.39 Å². The van der Waals surface area contributed by atoms with Crippen LogP contribution in [0.25, 0.3) is 0 Å². The first-order chi connectivity index (χ1) is 13.5. The molecule has 3 rings (SSSR count). The molecule has 1 unspecified atom stereocenters. The van der Waals surface area contributed by atoms with Crippen LogP contribution in [0.15, 0.2) is 18.2 Å². The number of piperidine rings is 1. The number of aliphatic hydroxyl groups excluding tert-OH is 1. The fourth-order valence-corrected chi connectivity index (χ4v) is 4.41. The zero-order valence-electron chi connectivity index (χ0n) is 16.6. The lowest BCUT2D eigenvalue weighted by Crippen LogP contribution is -2.49. The maximum atomic E-state index is 13.6. The number of nitrogens with zero attached hydrogens (tertiary/aromatic N) is 1. The lowest BCUT2D eigenvalue weighted by Gasteiger charge is -2.38. The first-order valence-electron chi connectivity index (χ1n) is 10.4. The molecule has 0 radical (unpaired) electrons. The molecule has 1 aromatic rings. The van der Waals surface area contributed by atoms with E-state index in [1.54, 1.807) is 19.1 Å². The van der Waals surface area contributed by atoms with Gasteiger partial charge >= 0.3 is 0 Å². The number of rotatable bonds is 5. The number of likely N-dealkylation sites (tertiary alicyclic amines) is 1. The Balaban J connectivity index is 1.46. The Morgan fingerprint density at radius 2 is 1.93 bits per heavy atom. The minimum Gasteiger partial charge on any atom is -0.394 e. The Labute approximate surface area is 166 Å². The van der Waals surface area contributed by atoms with E-state index >= 15 is 0 Å². The Morgan fingerprint density at radius 3 is 2.61 bits per heavy atom. The Morgan fingerprint density at radius 1 is 1.18 bits per heavy atom. The molecule has 0 bridgehead atoms. The molecule has 1 saturated heterocycles. The summed E-state index contributed by atoms with van der Waals surface area (Å²) in [5, 5.41) is 12.6. The number of amides is 2. The predicted molar refractivity (Wildman–Crippen MR) is 105 cm³/mol. The molecule has 1 atom stereocenters. The van der Waals surface area contributed by atoms with Crippen LogP contribution in [0.2, 0.25) is 0 Å². The zero-order chi connectivity index (χ0) is 20.1. The smallest absolute Gasteiger partial charge is 0.226 e. The summed E-state index contributed by atoms with van der Waals surface area (Å²) in [6.07, 6.45) is 6.21. The van der Waals surface area contributed by atoms with Crippen LogP contribution < -0.4 is 5.32 Å². The van der Waals surface area contributed by atoms with Crippen LogP contribution >= 0.6 is 0 Å². The van der Waals surface area contributed by atoms with Gasteiger partial charge in [-0.1, -0.05) is 12.1 Å². The molecule has 28 heavy (non-hydrogen) atoms. The average molecular weight is 390 g/mol. The van der Waals surface area contributed by atoms with Gasteiger partial charge in [-0.3, -0.25) is 9.59 Å². The van der Waals surface area contributed by atoms with Gasteiger partial charge in [0.25, 0.3) is 0 Å². The van der Waals surface area contributed by atoms with Gasteiger partial charge in [0.1, 0.15) is 5.82 Å². The number of halogens is 1. The Bertz CT molecular complexity index is 701. The van der Waals surface area contributed by atoms with Crippen molar-refractivity contribution < 1.29 is 19.1 Å². The van der Waals surface area contributed by atoms with Gasteiger partial charge in [0.15, 0.2) is 0 Å². The average Bonchev–Trinajstić information content (AvgIpc) is 2.70. The molecule has 6 heteroatoms. The van der Waals surface area contributed by atoms with Gasteiger partial charge in [-0.05, 0) is 69.1 Å². The van der Waals surface area contributed by atoms with Crippen molar-refractivity contribution in [2.45, 2.75) is 70.4 Å². The predicted octanol–water partition coefficient (Wildman–Crippen LogP) is 2.73. The number of hydrogen-bond acceptors (Lipinski definition) is 3. The van der Waals surface area contributed by atoms with E-state index in [2.05, 4.69) is 5.32 Å². The Kier molecular flexibility index (Phi) is 7.05. The largest absolute Gasteiger partial charge is 0.394 e. The quantitative estimate of drug-likeness (QED) is 0.812. The lowest BCUT2D eigenvalue weighted by molar-refractivity contribution is -0.141. The maximum absolute atomic E-state index is 13.6. The maximum Gasteiger partial charge on any atom is 0.226 e. The molecule has 2 amide bonds. The number of aryl methyl sites for hydroxylation is 1. The highest BCUT2D eigenvalue weighted by atomic mass is 19.1. The third-order valence-electron chi connectivity index (χ3n) is 6.16. The van der Waals surface area contributed by atoms with E-state index < -0.39 is 0 Å². The summed E-state index contributed by atoms with van der Waals surface area (Å²) in [4.78, 5) is 27.0. The molecular weight excluding hydrogens is 359 g/mol. The minimum atomic E-state index is -0.289. The lowest BCUT2D eigenvalue weighted by atomic mass is 9.84. The number of hydrogen-bond donors (Lipinski definition) is 2. The highest BCUT2D eigenvalue weighted by Gasteiger charge is 2.33. The summed E-state index contributed by atoms with van der Waals surface area (Å²) in [5.41, 5.74) is 1.24. The molecule has 1 saturated carbocycles. The van der Waals surface area contributed by atoms with E-state index in [-0.39, 0.29) is 48.7 Å². The van der Waals surface area contributed by atoms with Crippen LogP contribution in [-0.2, 0) is 16.0 Å². The first-order valence-corrected chi connectivity index (χ1v) is 10.4. The van der Waals surface area contributed by atoms with E-state index in [9.17, 15) is 19.1 Å². The molecule has 1 aliphatic carbocycles. The van der Waals surface area contributed by atoms with Crippen molar-refractivity contribution in [3.63, 3.8) is 0 Å². The van der Waals surface area contributed by atoms with Crippen LogP contribution in [0.4, 0.5) is 4.39 Å². The van der Waals surface area contributed by atoms with Crippen LogP contribution in [0.3, 0.4) is 0 Å². The van der Waals surface area contributed by atoms with Crippen LogP contribution in [0.5, 0.6) is 0 Å². The number of nitrogens with one attached hydrogen (secondary N) is 1. The van der Waals surface area contributed by atoms with Crippen molar-refractivity contribution in [3.05, 3.63) is 35.1 Å². The van der Waals surface area contributed by atoms with Crippen molar-refractivity contribution in [1.29, 1.82) is 0 Å². The second kappa shape index (κ2) is 9.50. The van der Waals surface area contributed by atoms with E-state index in [1.165, 1.54) is 6.07 Å². The van der Waals surface area contributed by atoms with Gasteiger partial charge < -0.3 is 15.3 Å². The topological polar surface area (TPSA) is 69.6 Å². The third-order valence-corrected chi connectivity index (χ3v) is 6.16. The highest BCUT2D eigenvalue weighted by Crippen LogP contribution is 2.29. The molecule has 1 aromatic carbocycles. The number of carbonyl (C=O) groups excluding carboxylic acids is 2. The highest BCUT2D eigenvalue weighted by molar-refractivity contribution is 5.80. The van der Waals surface area contributed by atoms with Crippen molar-refractivity contribution in [2.24, 2.45) is 5.92 Å². The van der Waals surface area contributed by atoms with E-state index in [0.717, 1.165) is 51.5 Å². The van der Waals surface area contributed by atoms with Crippen molar-refractivity contribution >= 4 is 11.8 Å². The van der Waals surface area contributed by atoms with Crippen LogP contribution in [0.1, 0.15) is 56.1 Å².